The fraction of sp³-hybridized carbons (Fsp3) is 0.231. The Morgan fingerprint density at radius 1 is 0.938 bits per heavy atom. The average molecular weight is 433 g/mol. The molecule has 0 saturated carbocycles. The second kappa shape index (κ2) is 11.0. The van der Waals surface area contributed by atoms with Crippen LogP contribution in [0.1, 0.15) is 27.8 Å². The molecule has 3 aromatic carbocycles. The van der Waals surface area contributed by atoms with E-state index in [0.717, 1.165) is 22.3 Å². The Morgan fingerprint density at radius 2 is 1.72 bits per heavy atom. The van der Waals surface area contributed by atoms with Gasteiger partial charge in [-0.25, -0.2) is 5.43 Å². The van der Waals surface area contributed by atoms with Crippen molar-refractivity contribution in [3.63, 3.8) is 0 Å². The number of nitrogens with zero attached hydrogens (tertiary/aromatic N) is 1. The van der Waals surface area contributed by atoms with Gasteiger partial charge in [-0.1, -0.05) is 42.0 Å². The van der Waals surface area contributed by atoms with Gasteiger partial charge in [0.05, 0.1) is 13.3 Å². The lowest BCUT2D eigenvalue weighted by Crippen LogP contribution is -2.24. The second-order valence-corrected chi connectivity index (χ2v) is 7.46. The third kappa shape index (κ3) is 6.35. The standard InChI is InChI=1S/C26H28N2O4/c1-18-8-10-21(11-9-18)16-31-24-13-12-22(14-25(24)30-4)15-27-28-26(29)17-32-23-7-5-6-19(2)20(23)3/h5-15H,16-17H2,1-4H3,(H,28,29)/b27-15+. The number of amides is 1. The molecular weight excluding hydrogens is 404 g/mol. The Morgan fingerprint density at radius 3 is 2.47 bits per heavy atom. The number of hydrogen-bond donors (Lipinski definition) is 1. The lowest BCUT2D eigenvalue weighted by molar-refractivity contribution is -0.123. The van der Waals surface area contributed by atoms with Crippen molar-refractivity contribution in [3.05, 3.63) is 88.5 Å². The van der Waals surface area contributed by atoms with Gasteiger partial charge in [0.1, 0.15) is 12.4 Å². The van der Waals surface area contributed by atoms with E-state index in [1.807, 2.05) is 56.3 Å². The SMILES string of the molecule is COc1cc(/C=N/NC(=O)COc2cccc(C)c2C)ccc1OCc1ccc(C)cc1. The number of hydrogen-bond acceptors (Lipinski definition) is 5. The second-order valence-electron chi connectivity index (χ2n) is 7.46. The Labute approximate surface area is 188 Å². The molecule has 32 heavy (non-hydrogen) atoms. The number of benzene rings is 3. The van der Waals surface area contributed by atoms with E-state index < -0.39 is 0 Å². The van der Waals surface area contributed by atoms with Gasteiger partial charge in [0.15, 0.2) is 18.1 Å². The van der Waals surface area contributed by atoms with Gasteiger partial charge in [-0.15, -0.1) is 0 Å². The van der Waals surface area contributed by atoms with Gasteiger partial charge in [-0.3, -0.25) is 4.79 Å². The molecule has 0 spiro atoms. The van der Waals surface area contributed by atoms with Gasteiger partial charge >= 0.3 is 0 Å². The number of carbonyl (C=O) groups excluding carboxylic acids is 1. The topological polar surface area (TPSA) is 69.2 Å². The Balaban J connectivity index is 1.53. The van der Waals surface area contributed by atoms with Crippen molar-refractivity contribution in [2.45, 2.75) is 27.4 Å². The largest absolute Gasteiger partial charge is 0.493 e. The molecule has 0 radical (unpaired) electrons. The van der Waals surface area contributed by atoms with Crippen LogP contribution in [0.25, 0.3) is 0 Å². The van der Waals surface area contributed by atoms with Crippen LogP contribution in [0.4, 0.5) is 0 Å². The number of hydrazone groups is 1. The summed E-state index contributed by atoms with van der Waals surface area (Å²) in [6.45, 7) is 6.34. The van der Waals surface area contributed by atoms with Crippen LogP contribution < -0.4 is 19.6 Å². The first-order valence-corrected chi connectivity index (χ1v) is 10.3. The van der Waals surface area contributed by atoms with Crippen LogP contribution >= 0.6 is 0 Å². The predicted octanol–water partition coefficient (Wildman–Crippen LogP) is 4.73. The van der Waals surface area contributed by atoms with E-state index in [0.29, 0.717) is 23.9 Å². The third-order valence-electron chi connectivity index (χ3n) is 5.02. The summed E-state index contributed by atoms with van der Waals surface area (Å²) in [7, 11) is 1.58. The van der Waals surface area contributed by atoms with Crippen LogP contribution in [-0.2, 0) is 11.4 Å². The lowest BCUT2D eigenvalue weighted by atomic mass is 10.1. The van der Waals surface area contributed by atoms with Crippen LogP contribution in [0, 0.1) is 20.8 Å². The summed E-state index contributed by atoms with van der Waals surface area (Å²) < 4.78 is 16.9. The zero-order valence-electron chi connectivity index (χ0n) is 18.8. The molecule has 0 atom stereocenters. The molecule has 1 N–H and O–H groups in total. The summed E-state index contributed by atoms with van der Waals surface area (Å²) in [6.07, 6.45) is 1.54. The number of methoxy groups -OCH3 is 1. The van der Waals surface area contributed by atoms with Crippen LogP contribution in [0.3, 0.4) is 0 Å². The molecule has 0 aliphatic heterocycles. The number of carbonyl (C=O) groups is 1. The van der Waals surface area contributed by atoms with E-state index in [2.05, 4.69) is 29.6 Å². The molecule has 0 fully saturated rings. The highest BCUT2D eigenvalue weighted by Gasteiger charge is 2.07. The molecule has 166 valence electrons. The van der Waals surface area contributed by atoms with Crippen molar-refractivity contribution in [1.29, 1.82) is 0 Å². The smallest absolute Gasteiger partial charge is 0.277 e. The molecule has 0 aliphatic rings. The normalized spacial score (nSPS) is 10.8. The number of nitrogens with one attached hydrogen (secondary N) is 1. The summed E-state index contributed by atoms with van der Waals surface area (Å²) >= 11 is 0. The summed E-state index contributed by atoms with van der Waals surface area (Å²) in [6, 6.07) is 19.4. The molecule has 0 heterocycles. The first kappa shape index (κ1) is 22.9. The molecule has 0 aromatic heterocycles. The van der Waals surface area contributed by atoms with Crippen molar-refractivity contribution in [2.75, 3.05) is 13.7 Å². The van der Waals surface area contributed by atoms with E-state index in [1.165, 1.54) is 5.56 Å². The highest BCUT2D eigenvalue weighted by atomic mass is 16.5. The Kier molecular flexibility index (Phi) is 7.86. The third-order valence-corrected chi connectivity index (χ3v) is 5.02. The molecule has 0 bridgehead atoms. The molecule has 0 unspecified atom stereocenters. The van der Waals surface area contributed by atoms with E-state index in [4.69, 9.17) is 14.2 Å². The molecule has 3 rings (SSSR count). The minimum absolute atomic E-state index is 0.114. The Bertz CT molecular complexity index is 1090. The van der Waals surface area contributed by atoms with Gasteiger partial charge in [0.25, 0.3) is 5.91 Å². The fourth-order valence-corrected chi connectivity index (χ4v) is 2.96. The fourth-order valence-electron chi connectivity index (χ4n) is 2.96. The molecule has 1 amide bonds. The van der Waals surface area contributed by atoms with Crippen molar-refractivity contribution in [3.8, 4) is 17.2 Å². The minimum Gasteiger partial charge on any atom is -0.493 e. The van der Waals surface area contributed by atoms with E-state index in [-0.39, 0.29) is 12.5 Å². The van der Waals surface area contributed by atoms with Gasteiger partial charge < -0.3 is 14.2 Å². The van der Waals surface area contributed by atoms with Crippen molar-refractivity contribution < 1.29 is 19.0 Å². The summed E-state index contributed by atoms with van der Waals surface area (Å²) in [4.78, 5) is 12.0. The van der Waals surface area contributed by atoms with E-state index >= 15 is 0 Å². The van der Waals surface area contributed by atoms with Crippen LogP contribution in [0.15, 0.2) is 65.8 Å². The summed E-state index contributed by atoms with van der Waals surface area (Å²) in [5.41, 5.74) is 7.65. The van der Waals surface area contributed by atoms with E-state index in [1.54, 1.807) is 19.4 Å². The van der Waals surface area contributed by atoms with Crippen molar-refractivity contribution >= 4 is 12.1 Å². The average Bonchev–Trinajstić information content (AvgIpc) is 2.80. The first-order chi connectivity index (χ1) is 15.5. The lowest BCUT2D eigenvalue weighted by Gasteiger charge is -2.11. The summed E-state index contributed by atoms with van der Waals surface area (Å²) in [5, 5.41) is 4.00. The monoisotopic (exact) mass is 432 g/mol. The highest BCUT2D eigenvalue weighted by molar-refractivity contribution is 5.83. The minimum atomic E-state index is -0.341. The van der Waals surface area contributed by atoms with Gasteiger partial charge in [-0.05, 0) is 67.3 Å². The zero-order valence-corrected chi connectivity index (χ0v) is 18.8. The van der Waals surface area contributed by atoms with E-state index in [9.17, 15) is 4.79 Å². The molecule has 3 aromatic rings. The summed E-state index contributed by atoms with van der Waals surface area (Å²) in [5.74, 6) is 1.57. The maximum Gasteiger partial charge on any atom is 0.277 e. The molecule has 6 nitrogen and oxygen atoms in total. The van der Waals surface area contributed by atoms with Crippen molar-refractivity contribution in [2.24, 2.45) is 5.10 Å². The van der Waals surface area contributed by atoms with Crippen LogP contribution in [0.2, 0.25) is 0 Å². The number of aryl methyl sites for hydroxylation is 2. The zero-order chi connectivity index (χ0) is 22.9. The maximum absolute atomic E-state index is 12.0. The van der Waals surface area contributed by atoms with Crippen molar-refractivity contribution in [1.82, 2.24) is 5.43 Å². The van der Waals surface area contributed by atoms with Gasteiger partial charge in [0, 0.05) is 0 Å². The Hall–Kier alpha value is -3.80. The number of rotatable bonds is 9. The number of ether oxygens (including phenoxy) is 3. The predicted molar refractivity (Wildman–Crippen MR) is 126 cm³/mol. The highest BCUT2D eigenvalue weighted by Crippen LogP contribution is 2.28. The van der Waals surface area contributed by atoms with Crippen LogP contribution in [0.5, 0.6) is 17.2 Å². The molecule has 0 aliphatic carbocycles. The van der Waals surface area contributed by atoms with Gasteiger partial charge in [0.2, 0.25) is 0 Å². The van der Waals surface area contributed by atoms with Crippen LogP contribution in [-0.4, -0.2) is 25.8 Å². The maximum atomic E-state index is 12.0. The molecule has 6 heteroatoms. The van der Waals surface area contributed by atoms with Gasteiger partial charge in [-0.2, -0.15) is 5.10 Å². The quantitative estimate of drug-likeness (QED) is 0.392. The first-order valence-electron chi connectivity index (χ1n) is 10.3. The molecular formula is C26H28N2O4. The molecule has 0 saturated heterocycles.